The Balaban J connectivity index is 1.05. The van der Waals surface area contributed by atoms with Crippen molar-refractivity contribution in [2.75, 3.05) is 0 Å². The van der Waals surface area contributed by atoms with Gasteiger partial charge in [0.05, 0.1) is 23.0 Å². The Hall–Kier alpha value is -6.04. The lowest BCUT2D eigenvalue weighted by molar-refractivity contribution is -0.0399. The third-order valence-corrected chi connectivity index (χ3v) is 13.5. The zero-order valence-corrected chi connectivity index (χ0v) is 30.3. The van der Waals surface area contributed by atoms with Gasteiger partial charge in [-0.25, -0.2) is 4.98 Å². The van der Waals surface area contributed by atoms with E-state index in [1.807, 2.05) is 18.2 Å². The summed E-state index contributed by atoms with van der Waals surface area (Å²) in [6.45, 7) is 0. The lowest BCUT2D eigenvalue weighted by Crippen LogP contribution is -2.55. The molecule has 0 unspecified atom stereocenters. The smallest absolute Gasteiger partial charge is 0.0991 e. The van der Waals surface area contributed by atoms with Gasteiger partial charge in [-0.3, -0.25) is 0 Å². The average molecular weight is 693 g/mol. The molecule has 0 aliphatic heterocycles. The summed E-state index contributed by atoms with van der Waals surface area (Å²) in [4.78, 5) is 5.14. The van der Waals surface area contributed by atoms with Gasteiger partial charge in [0.25, 0.3) is 0 Å². The van der Waals surface area contributed by atoms with E-state index in [1.165, 1.54) is 71.0 Å². The minimum absolute atomic E-state index is 0.0685. The maximum atomic E-state index is 9.64. The Labute approximate surface area is 317 Å². The Kier molecular flexibility index (Phi) is 7.15. The van der Waals surface area contributed by atoms with Gasteiger partial charge in [0, 0.05) is 16.5 Å². The van der Waals surface area contributed by atoms with Crippen LogP contribution in [0.2, 0.25) is 0 Å². The van der Waals surface area contributed by atoms with E-state index in [1.54, 1.807) is 11.1 Å². The van der Waals surface area contributed by atoms with Crippen molar-refractivity contribution in [1.29, 1.82) is 5.26 Å². The summed E-state index contributed by atoms with van der Waals surface area (Å²) in [7, 11) is 0. The topological polar surface area (TPSA) is 36.7 Å². The van der Waals surface area contributed by atoms with E-state index in [9.17, 15) is 5.26 Å². The molecule has 4 fully saturated rings. The highest BCUT2D eigenvalue weighted by molar-refractivity contribution is 5.88. The van der Waals surface area contributed by atoms with Crippen molar-refractivity contribution in [3.63, 3.8) is 0 Å². The second-order valence-corrected chi connectivity index (χ2v) is 16.3. The van der Waals surface area contributed by atoms with E-state index < -0.39 is 0 Å². The van der Waals surface area contributed by atoms with Crippen LogP contribution in [0.4, 0.5) is 0 Å². The van der Waals surface area contributed by atoms with Gasteiger partial charge in [0.2, 0.25) is 0 Å². The van der Waals surface area contributed by atoms with Gasteiger partial charge in [-0.05, 0) is 154 Å². The zero-order chi connectivity index (χ0) is 35.8. The number of fused-ring (bicyclic) bond motifs is 3. The first kappa shape index (κ1) is 31.5. The number of nitrogens with zero attached hydrogens (tertiary/aromatic N) is 2. The molecule has 6 aromatic carbocycles. The lowest BCUT2D eigenvalue weighted by Gasteiger charge is -2.61. The van der Waals surface area contributed by atoms with Crippen LogP contribution in [0.15, 0.2) is 158 Å². The zero-order valence-electron chi connectivity index (χ0n) is 30.3. The molecule has 12 rings (SSSR count). The number of hydrogen-bond donors (Lipinski definition) is 0. The predicted molar refractivity (Wildman–Crippen MR) is 219 cm³/mol. The van der Waals surface area contributed by atoms with Gasteiger partial charge in [0.15, 0.2) is 0 Å². The van der Waals surface area contributed by atoms with Crippen molar-refractivity contribution >= 4 is 0 Å². The summed E-state index contributed by atoms with van der Waals surface area (Å²) >= 11 is 0. The Morgan fingerprint density at radius 1 is 0.426 bits per heavy atom. The molecular weight excluding hydrogens is 653 g/mol. The molecule has 5 aliphatic carbocycles. The van der Waals surface area contributed by atoms with Crippen LogP contribution in [-0.4, -0.2) is 4.98 Å². The van der Waals surface area contributed by atoms with Crippen molar-refractivity contribution < 1.29 is 0 Å². The third-order valence-electron chi connectivity index (χ3n) is 13.5. The first-order chi connectivity index (χ1) is 26.6. The highest BCUT2D eigenvalue weighted by Gasteiger charge is 2.61. The first-order valence-electron chi connectivity index (χ1n) is 19.7. The lowest BCUT2D eigenvalue weighted by atomic mass is 9.43. The van der Waals surface area contributed by atoms with E-state index in [0.29, 0.717) is 17.4 Å². The molecule has 0 atom stereocenters. The normalized spacial score (nSPS) is 22.9. The van der Waals surface area contributed by atoms with E-state index >= 15 is 0 Å². The molecule has 7 aromatic rings. The molecule has 54 heavy (non-hydrogen) atoms. The number of rotatable bonds is 5. The summed E-state index contributed by atoms with van der Waals surface area (Å²) in [6.07, 6.45) is 6.86. The molecule has 1 aromatic heterocycles. The molecular formula is C52H40N2. The molecule has 4 saturated carbocycles. The van der Waals surface area contributed by atoms with Crippen LogP contribution >= 0.6 is 0 Å². The van der Waals surface area contributed by atoms with E-state index in [0.717, 1.165) is 39.9 Å². The highest BCUT2D eigenvalue weighted by Crippen LogP contribution is 2.69. The Bertz CT molecular complexity index is 2540. The van der Waals surface area contributed by atoms with Crippen LogP contribution in [0.5, 0.6) is 0 Å². The van der Waals surface area contributed by atoms with Crippen LogP contribution in [0.3, 0.4) is 0 Å². The van der Waals surface area contributed by atoms with Crippen LogP contribution in [0, 0.1) is 35.0 Å². The Morgan fingerprint density at radius 2 is 0.963 bits per heavy atom. The fourth-order valence-electron chi connectivity index (χ4n) is 11.4. The second-order valence-electron chi connectivity index (χ2n) is 16.3. The number of hydrogen-bond acceptors (Lipinski definition) is 2. The minimum atomic E-state index is 0.0685. The van der Waals surface area contributed by atoms with Crippen LogP contribution in [-0.2, 0) is 5.41 Å². The van der Waals surface area contributed by atoms with E-state index in [4.69, 9.17) is 4.98 Å². The van der Waals surface area contributed by atoms with Gasteiger partial charge in [-0.1, -0.05) is 115 Å². The Morgan fingerprint density at radius 3 is 1.61 bits per heavy atom. The minimum Gasteiger partial charge on any atom is -0.248 e. The molecule has 0 saturated heterocycles. The molecule has 5 aliphatic rings. The SMILES string of the molecule is N#Cc1cccc(-c2ccc3c(c2)-c2ccc(-c4cccc(-c5cc(-c6ccccc6)nc(-c6ccccc6)c5)c4)cc2C32C3CC4CC(C3)CC2C4)c1. The second kappa shape index (κ2) is 12.3. The van der Waals surface area contributed by atoms with Crippen molar-refractivity contribution in [3.05, 3.63) is 174 Å². The maximum absolute atomic E-state index is 9.64. The summed E-state index contributed by atoms with van der Waals surface area (Å²) in [5.74, 6) is 3.15. The summed E-state index contributed by atoms with van der Waals surface area (Å²) in [5, 5.41) is 9.64. The molecule has 258 valence electrons. The molecule has 0 amide bonds. The number of benzene rings is 6. The summed E-state index contributed by atoms with van der Waals surface area (Å²) in [5.41, 5.74) is 18.1. The fraction of sp³-hybridized carbons (Fsp3) is 0.192. The van der Waals surface area contributed by atoms with Crippen molar-refractivity contribution in [2.24, 2.45) is 23.7 Å². The number of pyridine rings is 1. The van der Waals surface area contributed by atoms with Crippen LogP contribution < -0.4 is 0 Å². The highest BCUT2D eigenvalue weighted by atomic mass is 14.7. The number of aromatic nitrogens is 1. The van der Waals surface area contributed by atoms with Crippen molar-refractivity contribution in [2.45, 2.75) is 37.5 Å². The molecule has 2 heteroatoms. The van der Waals surface area contributed by atoms with Gasteiger partial charge in [-0.15, -0.1) is 0 Å². The summed E-state index contributed by atoms with van der Waals surface area (Å²) < 4.78 is 0. The van der Waals surface area contributed by atoms with Crippen LogP contribution in [0.25, 0.3) is 67.0 Å². The van der Waals surface area contributed by atoms with Crippen molar-refractivity contribution in [1.82, 2.24) is 4.98 Å². The first-order valence-corrected chi connectivity index (χ1v) is 19.7. The van der Waals surface area contributed by atoms with E-state index in [2.05, 4.69) is 146 Å². The third kappa shape index (κ3) is 4.88. The van der Waals surface area contributed by atoms with Gasteiger partial charge in [0.1, 0.15) is 0 Å². The van der Waals surface area contributed by atoms with E-state index in [-0.39, 0.29) is 5.41 Å². The van der Waals surface area contributed by atoms with Crippen molar-refractivity contribution in [3.8, 4) is 73.1 Å². The predicted octanol–water partition coefficient (Wildman–Crippen LogP) is 13.0. The fourth-order valence-corrected chi connectivity index (χ4v) is 11.4. The maximum Gasteiger partial charge on any atom is 0.0991 e. The average Bonchev–Trinajstić information content (AvgIpc) is 3.52. The largest absolute Gasteiger partial charge is 0.248 e. The quantitative estimate of drug-likeness (QED) is 0.180. The molecule has 1 heterocycles. The van der Waals surface area contributed by atoms with Gasteiger partial charge in [-0.2, -0.15) is 5.26 Å². The monoisotopic (exact) mass is 692 g/mol. The summed E-state index contributed by atoms with van der Waals surface area (Å²) in [6, 6.07) is 59.7. The van der Waals surface area contributed by atoms with Gasteiger partial charge >= 0.3 is 0 Å². The van der Waals surface area contributed by atoms with Gasteiger partial charge < -0.3 is 0 Å². The molecule has 0 radical (unpaired) electrons. The molecule has 0 N–H and O–H groups in total. The molecule has 4 bridgehead atoms. The standard InChI is InChI=1S/C52H40N2/c53-32-33-9-7-14-38(22-33)41-18-20-48-47(28-41)46-19-17-42(29-49(46)52(48)44-23-34-21-35(25-44)26-45(52)24-34)39-15-8-16-40(27-39)43-30-50(36-10-3-1-4-11-36)54-51(31-43)37-12-5-2-6-13-37/h1-20,22,27-31,34-35,44-45H,21,23-26H2. The van der Waals surface area contributed by atoms with Crippen LogP contribution in [0.1, 0.15) is 48.8 Å². The number of nitriles is 1. The molecule has 2 nitrogen and oxygen atoms in total. The molecule has 1 spiro atoms.